The van der Waals surface area contributed by atoms with Crippen LogP contribution in [0, 0.1) is 6.92 Å². The van der Waals surface area contributed by atoms with E-state index >= 15 is 0 Å². The van der Waals surface area contributed by atoms with Crippen molar-refractivity contribution in [2.75, 3.05) is 7.11 Å². The van der Waals surface area contributed by atoms with Crippen molar-refractivity contribution < 1.29 is 9.53 Å². The minimum Gasteiger partial charge on any atom is -0.464 e. The summed E-state index contributed by atoms with van der Waals surface area (Å²) in [5.41, 5.74) is 2.77. The van der Waals surface area contributed by atoms with Crippen molar-refractivity contribution >= 4 is 16.7 Å². The second kappa shape index (κ2) is 5.32. The van der Waals surface area contributed by atoms with E-state index in [1.807, 2.05) is 37.3 Å². The van der Waals surface area contributed by atoms with Crippen molar-refractivity contribution in [1.29, 1.82) is 0 Å². The molecule has 1 aromatic heterocycles. The molecular weight excluding hydrogens is 264 g/mol. The minimum absolute atomic E-state index is 0.232. The van der Waals surface area contributed by atoms with Crippen LogP contribution in [0.5, 0.6) is 0 Å². The van der Waals surface area contributed by atoms with Crippen LogP contribution < -0.4 is 0 Å². The Morgan fingerprint density at radius 1 is 1.10 bits per heavy atom. The number of hydrogen-bond donors (Lipinski definition) is 0. The fourth-order valence-corrected chi connectivity index (χ4v) is 2.44. The summed E-state index contributed by atoms with van der Waals surface area (Å²) in [6, 6.07) is 12.1. The molecule has 0 aliphatic rings. The summed E-state index contributed by atoms with van der Waals surface area (Å²) >= 11 is 0. The molecule has 0 bridgehead atoms. The average molecular weight is 278 g/mol. The number of methoxy groups -OCH3 is 1. The van der Waals surface area contributed by atoms with Crippen molar-refractivity contribution in [2.45, 2.75) is 6.92 Å². The number of carbonyl (C=O) groups is 1. The van der Waals surface area contributed by atoms with E-state index in [4.69, 9.17) is 4.74 Å². The lowest BCUT2D eigenvalue weighted by molar-refractivity contribution is 0.0594. The van der Waals surface area contributed by atoms with Crippen LogP contribution in [0.3, 0.4) is 0 Å². The van der Waals surface area contributed by atoms with E-state index in [9.17, 15) is 4.79 Å². The maximum atomic E-state index is 11.9. The van der Waals surface area contributed by atoms with Gasteiger partial charge in [0.15, 0.2) is 5.69 Å². The molecule has 3 aromatic rings. The van der Waals surface area contributed by atoms with E-state index in [0.29, 0.717) is 5.69 Å². The first-order valence-corrected chi connectivity index (χ1v) is 6.60. The number of fused-ring (bicyclic) bond motifs is 1. The maximum Gasteiger partial charge on any atom is 0.358 e. The van der Waals surface area contributed by atoms with Crippen LogP contribution in [0.4, 0.5) is 0 Å². The topological polar surface area (TPSA) is 52.1 Å². The third-order valence-electron chi connectivity index (χ3n) is 3.34. The predicted octanol–water partition coefficient (Wildman–Crippen LogP) is 3.39. The Bertz CT molecular complexity index is 828. The summed E-state index contributed by atoms with van der Waals surface area (Å²) in [6.45, 7) is 2.02. The summed E-state index contributed by atoms with van der Waals surface area (Å²) in [4.78, 5) is 20.4. The zero-order valence-corrected chi connectivity index (χ0v) is 11.8. The minimum atomic E-state index is -0.483. The van der Waals surface area contributed by atoms with Gasteiger partial charge in [-0.2, -0.15) is 0 Å². The monoisotopic (exact) mass is 278 g/mol. The van der Waals surface area contributed by atoms with Gasteiger partial charge in [0.1, 0.15) is 5.69 Å². The quantitative estimate of drug-likeness (QED) is 0.674. The van der Waals surface area contributed by atoms with Gasteiger partial charge in [0.25, 0.3) is 0 Å². The van der Waals surface area contributed by atoms with E-state index in [1.54, 1.807) is 6.20 Å². The molecule has 0 radical (unpaired) electrons. The first-order valence-electron chi connectivity index (χ1n) is 6.60. The number of nitrogens with zero attached hydrogens (tertiary/aromatic N) is 2. The van der Waals surface area contributed by atoms with E-state index in [-0.39, 0.29) is 5.69 Å². The van der Waals surface area contributed by atoms with Gasteiger partial charge in [0.05, 0.1) is 7.11 Å². The highest BCUT2D eigenvalue weighted by atomic mass is 16.5. The molecule has 0 unspecified atom stereocenters. The number of esters is 1. The van der Waals surface area contributed by atoms with E-state index < -0.39 is 5.97 Å². The summed E-state index contributed by atoms with van der Waals surface area (Å²) in [5.74, 6) is -0.483. The Kier molecular flexibility index (Phi) is 3.36. The van der Waals surface area contributed by atoms with Gasteiger partial charge in [-0.25, -0.2) is 9.78 Å². The van der Waals surface area contributed by atoms with Gasteiger partial charge in [-0.15, -0.1) is 0 Å². The lowest BCUT2D eigenvalue weighted by Crippen LogP contribution is -2.07. The smallest absolute Gasteiger partial charge is 0.358 e. The summed E-state index contributed by atoms with van der Waals surface area (Å²) < 4.78 is 4.80. The molecular formula is C17H14N2O2. The summed E-state index contributed by atoms with van der Waals surface area (Å²) in [6.07, 6.45) is 3.08. The Hall–Kier alpha value is -2.75. The molecule has 0 aliphatic heterocycles. The van der Waals surface area contributed by atoms with Gasteiger partial charge in [-0.05, 0) is 29.3 Å². The predicted molar refractivity (Wildman–Crippen MR) is 81.1 cm³/mol. The van der Waals surface area contributed by atoms with Crippen LogP contribution >= 0.6 is 0 Å². The molecule has 0 atom stereocenters. The number of benzene rings is 2. The summed E-state index contributed by atoms with van der Waals surface area (Å²) in [5, 5.41) is 2.14. The van der Waals surface area contributed by atoms with Crippen molar-refractivity contribution in [3.63, 3.8) is 0 Å². The molecule has 0 spiro atoms. The normalized spacial score (nSPS) is 10.6. The number of rotatable bonds is 2. The molecule has 1 heterocycles. The molecule has 0 aliphatic carbocycles. The Labute approximate surface area is 122 Å². The molecule has 0 N–H and O–H groups in total. The zero-order valence-electron chi connectivity index (χ0n) is 11.8. The number of ether oxygens (including phenoxy) is 1. The van der Waals surface area contributed by atoms with Crippen molar-refractivity contribution in [3.05, 3.63) is 60.0 Å². The van der Waals surface area contributed by atoms with Crippen molar-refractivity contribution in [3.8, 4) is 11.3 Å². The second-order valence-corrected chi connectivity index (χ2v) is 4.78. The van der Waals surface area contributed by atoms with E-state index in [2.05, 4.69) is 16.0 Å². The van der Waals surface area contributed by atoms with Gasteiger partial charge in [-0.3, -0.25) is 4.98 Å². The maximum absolute atomic E-state index is 11.9. The van der Waals surface area contributed by atoms with Crippen LogP contribution in [-0.2, 0) is 4.74 Å². The number of carbonyl (C=O) groups excluding carboxylic acids is 1. The third kappa shape index (κ3) is 2.36. The third-order valence-corrected chi connectivity index (χ3v) is 3.34. The van der Waals surface area contributed by atoms with Gasteiger partial charge < -0.3 is 4.74 Å². The molecule has 0 saturated carbocycles. The molecule has 21 heavy (non-hydrogen) atoms. The highest BCUT2D eigenvalue weighted by Gasteiger charge is 2.18. The van der Waals surface area contributed by atoms with Crippen molar-refractivity contribution in [2.24, 2.45) is 0 Å². The lowest BCUT2D eigenvalue weighted by atomic mass is 9.98. The van der Waals surface area contributed by atoms with Crippen LogP contribution in [0.1, 0.15) is 16.1 Å². The first-order chi connectivity index (χ1) is 10.2. The molecule has 104 valence electrons. The van der Waals surface area contributed by atoms with Gasteiger partial charge in [-0.1, -0.05) is 30.3 Å². The molecule has 0 fully saturated rings. The van der Waals surface area contributed by atoms with Crippen LogP contribution in [0.25, 0.3) is 22.0 Å². The van der Waals surface area contributed by atoms with Crippen LogP contribution in [-0.4, -0.2) is 23.0 Å². The largest absolute Gasteiger partial charge is 0.464 e. The van der Waals surface area contributed by atoms with E-state index in [0.717, 1.165) is 21.9 Å². The first kappa shape index (κ1) is 13.2. The molecule has 4 heteroatoms. The number of hydrogen-bond acceptors (Lipinski definition) is 4. The number of aryl methyl sites for hydroxylation is 1. The van der Waals surface area contributed by atoms with Gasteiger partial charge in [0, 0.05) is 18.0 Å². The lowest BCUT2D eigenvalue weighted by Gasteiger charge is -2.10. The van der Waals surface area contributed by atoms with Crippen molar-refractivity contribution in [1.82, 2.24) is 9.97 Å². The highest BCUT2D eigenvalue weighted by molar-refractivity contribution is 6.02. The average Bonchev–Trinajstić information content (AvgIpc) is 2.53. The summed E-state index contributed by atoms with van der Waals surface area (Å²) in [7, 11) is 1.34. The fraction of sp³-hybridized carbons (Fsp3) is 0.118. The van der Waals surface area contributed by atoms with Gasteiger partial charge >= 0.3 is 5.97 Å². The van der Waals surface area contributed by atoms with Gasteiger partial charge in [0.2, 0.25) is 0 Å². The molecule has 4 nitrogen and oxygen atoms in total. The molecule has 2 aromatic carbocycles. The Morgan fingerprint density at radius 3 is 2.67 bits per heavy atom. The number of aromatic nitrogens is 2. The Balaban J connectivity index is 2.33. The fourth-order valence-electron chi connectivity index (χ4n) is 2.44. The van der Waals surface area contributed by atoms with Crippen LogP contribution in [0.15, 0.2) is 48.8 Å². The Morgan fingerprint density at radius 2 is 1.86 bits per heavy atom. The van der Waals surface area contributed by atoms with Crippen LogP contribution in [0.2, 0.25) is 0 Å². The van der Waals surface area contributed by atoms with E-state index in [1.165, 1.54) is 13.3 Å². The SMILES string of the molecule is COC(=O)c1nccnc1-c1cc(C)cc2ccccc12. The zero-order chi connectivity index (χ0) is 14.8. The highest BCUT2D eigenvalue weighted by Crippen LogP contribution is 2.30. The molecule has 0 saturated heterocycles. The molecule has 0 amide bonds. The standard InChI is InChI=1S/C17H14N2O2/c1-11-9-12-5-3-4-6-13(12)14(10-11)15-16(17(20)21-2)19-8-7-18-15/h3-10H,1-2H3. The molecule has 3 rings (SSSR count). The second-order valence-electron chi connectivity index (χ2n) is 4.78.